The largest absolute Gasteiger partial charge is 0.391 e. The standard InChI is InChI=1S/C12H23NO2/c1-13(11-3-2-4-12(11)14)9-10-5-7-15-8-6-10/h10-12,14H,2-9H2,1H3/t11-,12-/m1/s1. The van der Waals surface area contributed by atoms with Crippen molar-refractivity contribution in [2.24, 2.45) is 5.92 Å². The lowest BCUT2D eigenvalue weighted by Crippen LogP contribution is -2.41. The highest BCUT2D eigenvalue weighted by Gasteiger charge is 2.29. The average molecular weight is 213 g/mol. The molecule has 0 spiro atoms. The molecule has 88 valence electrons. The van der Waals surface area contributed by atoms with E-state index in [9.17, 15) is 5.11 Å². The predicted molar refractivity (Wildman–Crippen MR) is 59.8 cm³/mol. The predicted octanol–water partition coefficient (Wildman–Crippen LogP) is 1.26. The van der Waals surface area contributed by atoms with E-state index in [0.717, 1.165) is 32.1 Å². The van der Waals surface area contributed by atoms with Gasteiger partial charge in [-0.2, -0.15) is 0 Å². The zero-order chi connectivity index (χ0) is 10.7. The van der Waals surface area contributed by atoms with Crippen molar-refractivity contribution in [3.63, 3.8) is 0 Å². The second-order valence-corrected chi connectivity index (χ2v) is 5.06. The number of likely N-dealkylation sites (N-methyl/N-ethyl adjacent to an activating group) is 1. The van der Waals surface area contributed by atoms with Crippen LogP contribution < -0.4 is 0 Å². The maximum absolute atomic E-state index is 9.82. The van der Waals surface area contributed by atoms with Gasteiger partial charge in [0.2, 0.25) is 0 Å². The van der Waals surface area contributed by atoms with E-state index >= 15 is 0 Å². The zero-order valence-corrected chi connectivity index (χ0v) is 9.69. The number of hydrogen-bond acceptors (Lipinski definition) is 3. The molecule has 1 saturated heterocycles. The summed E-state index contributed by atoms with van der Waals surface area (Å²) in [5.74, 6) is 0.775. The molecule has 2 rings (SSSR count). The SMILES string of the molecule is CN(CC1CCOCC1)[C@@H]1CCC[C@H]1O. The molecule has 2 fully saturated rings. The Morgan fingerprint density at radius 3 is 2.53 bits per heavy atom. The lowest BCUT2D eigenvalue weighted by molar-refractivity contribution is 0.0341. The molecular weight excluding hydrogens is 190 g/mol. The third-order valence-corrected chi connectivity index (χ3v) is 3.90. The fraction of sp³-hybridized carbons (Fsp3) is 1.00. The maximum atomic E-state index is 9.82. The first-order valence-corrected chi connectivity index (χ1v) is 6.23. The van der Waals surface area contributed by atoms with Crippen molar-refractivity contribution >= 4 is 0 Å². The number of hydrogen-bond donors (Lipinski definition) is 1. The molecule has 1 saturated carbocycles. The average Bonchev–Trinajstić information content (AvgIpc) is 2.66. The molecule has 3 nitrogen and oxygen atoms in total. The van der Waals surface area contributed by atoms with E-state index in [4.69, 9.17) is 4.74 Å². The zero-order valence-electron chi connectivity index (χ0n) is 9.69. The summed E-state index contributed by atoms with van der Waals surface area (Å²) in [5.41, 5.74) is 0. The Morgan fingerprint density at radius 1 is 1.20 bits per heavy atom. The summed E-state index contributed by atoms with van der Waals surface area (Å²) in [6.07, 6.45) is 5.63. The molecule has 1 aliphatic heterocycles. The first-order valence-electron chi connectivity index (χ1n) is 6.23. The molecule has 0 radical (unpaired) electrons. The van der Waals surface area contributed by atoms with Crippen LogP contribution in [0.15, 0.2) is 0 Å². The highest BCUT2D eigenvalue weighted by molar-refractivity contribution is 4.84. The Kier molecular flexibility index (Phi) is 4.00. The molecule has 0 aromatic carbocycles. The molecule has 0 unspecified atom stereocenters. The van der Waals surface area contributed by atoms with Gasteiger partial charge in [0.05, 0.1) is 6.10 Å². The molecule has 0 aromatic heterocycles. The summed E-state index contributed by atoms with van der Waals surface area (Å²) in [4.78, 5) is 2.37. The van der Waals surface area contributed by atoms with Gasteiger partial charge in [0.15, 0.2) is 0 Å². The van der Waals surface area contributed by atoms with E-state index in [1.807, 2.05) is 0 Å². The number of ether oxygens (including phenoxy) is 1. The Bertz CT molecular complexity index is 192. The highest BCUT2D eigenvalue weighted by Crippen LogP contribution is 2.25. The minimum atomic E-state index is -0.0881. The van der Waals surface area contributed by atoms with E-state index in [0.29, 0.717) is 6.04 Å². The number of nitrogens with zero attached hydrogens (tertiary/aromatic N) is 1. The van der Waals surface area contributed by atoms with Gasteiger partial charge in [0, 0.05) is 25.8 Å². The summed E-state index contributed by atoms with van der Waals surface area (Å²) in [7, 11) is 2.16. The molecular formula is C12H23NO2. The fourth-order valence-electron chi connectivity index (χ4n) is 2.91. The molecule has 0 amide bonds. The van der Waals surface area contributed by atoms with Crippen LogP contribution in [0.25, 0.3) is 0 Å². The number of rotatable bonds is 3. The van der Waals surface area contributed by atoms with Gasteiger partial charge in [-0.1, -0.05) is 0 Å². The third-order valence-electron chi connectivity index (χ3n) is 3.90. The van der Waals surface area contributed by atoms with E-state index in [2.05, 4.69) is 11.9 Å². The number of aliphatic hydroxyl groups is 1. The normalized spacial score (nSPS) is 33.8. The van der Waals surface area contributed by atoms with Crippen molar-refractivity contribution < 1.29 is 9.84 Å². The monoisotopic (exact) mass is 213 g/mol. The van der Waals surface area contributed by atoms with E-state index in [1.165, 1.54) is 25.7 Å². The minimum Gasteiger partial charge on any atom is -0.391 e. The van der Waals surface area contributed by atoms with Crippen molar-refractivity contribution in [3.8, 4) is 0 Å². The van der Waals surface area contributed by atoms with E-state index < -0.39 is 0 Å². The van der Waals surface area contributed by atoms with Crippen LogP contribution in [-0.4, -0.2) is 49.0 Å². The summed E-state index contributed by atoms with van der Waals surface area (Å²) in [6.45, 7) is 2.97. The number of aliphatic hydroxyl groups excluding tert-OH is 1. The van der Waals surface area contributed by atoms with Gasteiger partial charge in [0.1, 0.15) is 0 Å². The highest BCUT2D eigenvalue weighted by atomic mass is 16.5. The van der Waals surface area contributed by atoms with Crippen molar-refractivity contribution in [1.82, 2.24) is 4.90 Å². The van der Waals surface area contributed by atoms with Crippen LogP contribution in [0.5, 0.6) is 0 Å². The molecule has 1 heterocycles. The molecule has 2 atom stereocenters. The van der Waals surface area contributed by atoms with Gasteiger partial charge < -0.3 is 14.7 Å². The smallest absolute Gasteiger partial charge is 0.0695 e. The van der Waals surface area contributed by atoms with E-state index in [1.54, 1.807) is 0 Å². The Balaban J connectivity index is 1.77. The van der Waals surface area contributed by atoms with Gasteiger partial charge in [-0.05, 0) is 45.1 Å². The van der Waals surface area contributed by atoms with Gasteiger partial charge in [-0.3, -0.25) is 0 Å². The van der Waals surface area contributed by atoms with Gasteiger partial charge in [0.25, 0.3) is 0 Å². The molecule has 0 aromatic rings. The third kappa shape index (κ3) is 2.92. The Morgan fingerprint density at radius 2 is 1.93 bits per heavy atom. The summed E-state index contributed by atoms with van der Waals surface area (Å²) >= 11 is 0. The second kappa shape index (κ2) is 5.28. The molecule has 2 aliphatic rings. The van der Waals surface area contributed by atoms with Crippen LogP contribution in [-0.2, 0) is 4.74 Å². The lowest BCUT2D eigenvalue weighted by Gasteiger charge is -2.32. The fourth-order valence-corrected chi connectivity index (χ4v) is 2.91. The van der Waals surface area contributed by atoms with Crippen LogP contribution in [0.2, 0.25) is 0 Å². The van der Waals surface area contributed by atoms with Crippen molar-refractivity contribution in [3.05, 3.63) is 0 Å². The van der Waals surface area contributed by atoms with Crippen LogP contribution in [0.4, 0.5) is 0 Å². The molecule has 0 bridgehead atoms. The van der Waals surface area contributed by atoms with Crippen molar-refractivity contribution in [2.45, 2.75) is 44.2 Å². The van der Waals surface area contributed by atoms with Crippen LogP contribution in [0, 0.1) is 5.92 Å². The maximum Gasteiger partial charge on any atom is 0.0695 e. The first-order chi connectivity index (χ1) is 7.27. The van der Waals surface area contributed by atoms with Crippen molar-refractivity contribution in [1.29, 1.82) is 0 Å². The van der Waals surface area contributed by atoms with Crippen LogP contribution in [0.3, 0.4) is 0 Å². The Labute approximate surface area is 92.4 Å². The Hall–Kier alpha value is -0.120. The van der Waals surface area contributed by atoms with E-state index in [-0.39, 0.29) is 6.10 Å². The summed E-state index contributed by atoms with van der Waals surface area (Å²) < 4.78 is 5.36. The quantitative estimate of drug-likeness (QED) is 0.766. The van der Waals surface area contributed by atoms with Crippen LogP contribution >= 0.6 is 0 Å². The molecule has 3 heteroatoms. The molecule has 15 heavy (non-hydrogen) atoms. The second-order valence-electron chi connectivity index (χ2n) is 5.06. The molecule has 1 aliphatic carbocycles. The van der Waals surface area contributed by atoms with Gasteiger partial charge in [-0.15, -0.1) is 0 Å². The lowest BCUT2D eigenvalue weighted by atomic mass is 9.99. The molecule has 1 N–H and O–H groups in total. The topological polar surface area (TPSA) is 32.7 Å². The van der Waals surface area contributed by atoms with Crippen LogP contribution in [0.1, 0.15) is 32.1 Å². The van der Waals surface area contributed by atoms with Gasteiger partial charge in [-0.25, -0.2) is 0 Å². The minimum absolute atomic E-state index is 0.0881. The van der Waals surface area contributed by atoms with Crippen molar-refractivity contribution in [2.75, 3.05) is 26.8 Å². The first kappa shape index (κ1) is 11.4. The summed E-state index contributed by atoms with van der Waals surface area (Å²) in [5, 5.41) is 9.82. The summed E-state index contributed by atoms with van der Waals surface area (Å²) in [6, 6.07) is 0.410. The van der Waals surface area contributed by atoms with Gasteiger partial charge >= 0.3 is 0 Å².